The molecule has 2 amide bonds. The largest absolute Gasteiger partial charge is 0.315 e. The van der Waals surface area contributed by atoms with Crippen molar-refractivity contribution in [2.24, 2.45) is 5.92 Å². The van der Waals surface area contributed by atoms with Gasteiger partial charge < -0.3 is 9.80 Å². The summed E-state index contributed by atoms with van der Waals surface area (Å²) in [5.74, 6) is 0.489. The molecule has 2 aromatic rings. The summed E-state index contributed by atoms with van der Waals surface area (Å²) < 4.78 is 13.8. The number of benzene rings is 2. The van der Waals surface area contributed by atoms with Gasteiger partial charge in [0.25, 0.3) is 5.91 Å². The van der Waals surface area contributed by atoms with Crippen LogP contribution in [0.1, 0.15) is 42.4 Å². The van der Waals surface area contributed by atoms with Crippen LogP contribution in [0.25, 0.3) is 0 Å². The molecular weight excluding hydrogens is 399 g/mol. The molecule has 156 valence electrons. The van der Waals surface area contributed by atoms with Gasteiger partial charge in [0.05, 0.1) is 12.2 Å². The predicted molar refractivity (Wildman–Crippen MR) is 117 cm³/mol. The van der Waals surface area contributed by atoms with E-state index in [1.54, 1.807) is 22.7 Å². The van der Waals surface area contributed by atoms with Crippen molar-refractivity contribution >= 4 is 29.3 Å². The molecule has 4 nitrogen and oxygen atoms in total. The summed E-state index contributed by atoms with van der Waals surface area (Å²) in [6.45, 7) is 2.89. The van der Waals surface area contributed by atoms with Crippen LogP contribution in [0.4, 0.5) is 10.1 Å². The number of aryl methyl sites for hydroxylation is 1. The van der Waals surface area contributed by atoms with E-state index >= 15 is 0 Å². The number of anilines is 1. The summed E-state index contributed by atoms with van der Waals surface area (Å²) in [5.41, 5.74) is 3.53. The zero-order valence-electron chi connectivity index (χ0n) is 17.1. The lowest BCUT2D eigenvalue weighted by atomic mass is 10.00. The Balaban J connectivity index is 1.57. The van der Waals surface area contributed by atoms with Gasteiger partial charge in [0, 0.05) is 23.8 Å². The standard InChI is InChI=1S/C24H25FN2O2S/c1-16-9-10-21-20(13-16)24(23(29)26(21)15-17-5-4-8-19(25)14-17)27(11-12-30-24)22(28)18-6-2-3-7-18/h4-5,8-10,13-14,18H,2-3,6-7,11-12,15H2,1H3/t24-/m0/s1. The Kier molecular flexibility index (Phi) is 4.85. The van der Waals surface area contributed by atoms with Gasteiger partial charge in [0.2, 0.25) is 5.91 Å². The third-order valence-electron chi connectivity index (χ3n) is 6.55. The summed E-state index contributed by atoms with van der Waals surface area (Å²) in [6.07, 6.45) is 4.00. The minimum absolute atomic E-state index is 0.0268. The van der Waals surface area contributed by atoms with Crippen LogP contribution < -0.4 is 4.90 Å². The Hall–Kier alpha value is -2.34. The third kappa shape index (κ3) is 2.96. The van der Waals surface area contributed by atoms with E-state index in [0.717, 1.165) is 53.8 Å². The summed E-state index contributed by atoms with van der Waals surface area (Å²) in [7, 11) is 0. The zero-order valence-corrected chi connectivity index (χ0v) is 17.9. The summed E-state index contributed by atoms with van der Waals surface area (Å²) in [4.78, 5) is 30.0. The molecular formula is C24H25FN2O2S. The average molecular weight is 425 g/mol. The number of fused-ring (bicyclic) bond motifs is 2. The Morgan fingerprint density at radius 2 is 2.00 bits per heavy atom. The van der Waals surface area contributed by atoms with Crippen molar-refractivity contribution in [1.82, 2.24) is 4.90 Å². The fraction of sp³-hybridized carbons (Fsp3) is 0.417. The van der Waals surface area contributed by atoms with Crippen LogP contribution in [0.2, 0.25) is 0 Å². The number of nitrogens with zero attached hydrogens (tertiary/aromatic N) is 2. The number of amides is 2. The molecule has 2 heterocycles. The normalized spacial score (nSPS) is 23.6. The number of carbonyl (C=O) groups is 2. The highest BCUT2D eigenvalue weighted by Crippen LogP contribution is 2.55. The molecule has 2 aliphatic heterocycles. The smallest absolute Gasteiger partial charge is 0.268 e. The summed E-state index contributed by atoms with van der Waals surface area (Å²) in [6, 6.07) is 12.4. The first-order valence-electron chi connectivity index (χ1n) is 10.6. The highest BCUT2D eigenvalue weighted by molar-refractivity contribution is 8.01. The Morgan fingerprint density at radius 1 is 1.20 bits per heavy atom. The molecule has 2 fully saturated rings. The Labute approximate surface area is 180 Å². The quantitative estimate of drug-likeness (QED) is 0.723. The van der Waals surface area contributed by atoms with Crippen molar-refractivity contribution in [2.45, 2.75) is 44.0 Å². The number of hydrogen-bond acceptors (Lipinski definition) is 3. The van der Waals surface area contributed by atoms with Crippen LogP contribution in [-0.4, -0.2) is 29.0 Å². The second-order valence-electron chi connectivity index (χ2n) is 8.51. The molecule has 1 aliphatic carbocycles. The number of thioether (sulfide) groups is 1. The van der Waals surface area contributed by atoms with Crippen LogP contribution in [0.15, 0.2) is 42.5 Å². The van der Waals surface area contributed by atoms with E-state index in [1.165, 1.54) is 12.1 Å². The van der Waals surface area contributed by atoms with Gasteiger partial charge in [-0.15, -0.1) is 11.8 Å². The van der Waals surface area contributed by atoms with Gasteiger partial charge in [0.15, 0.2) is 4.87 Å². The van der Waals surface area contributed by atoms with Gasteiger partial charge in [-0.2, -0.15) is 0 Å². The van der Waals surface area contributed by atoms with Crippen LogP contribution in [-0.2, 0) is 21.0 Å². The number of hydrogen-bond donors (Lipinski definition) is 0. The van der Waals surface area contributed by atoms with Crippen molar-refractivity contribution in [3.8, 4) is 0 Å². The lowest BCUT2D eigenvalue weighted by molar-refractivity contribution is -0.143. The molecule has 0 unspecified atom stereocenters. The van der Waals surface area contributed by atoms with Gasteiger partial charge >= 0.3 is 0 Å². The molecule has 0 N–H and O–H groups in total. The van der Waals surface area contributed by atoms with Crippen molar-refractivity contribution in [1.29, 1.82) is 0 Å². The molecule has 5 rings (SSSR count). The Morgan fingerprint density at radius 3 is 2.77 bits per heavy atom. The first-order chi connectivity index (χ1) is 14.5. The maximum absolute atomic E-state index is 13.9. The molecule has 0 bridgehead atoms. The first-order valence-corrected chi connectivity index (χ1v) is 11.6. The van der Waals surface area contributed by atoms with Gasteiger partial charge in [-0.3, -0.25) is 9.59 Å². The second kappa shape index (κ2) is 7.41. The van der Waals surface area contributed by atoms with Gasteiger partial charge in [-0.05, 0) is 43.5 Å². The third-order valence-corrected chi connectivity index (χ3v) is 7.97. The molecule has 2 aromatic carbocycles. The van der Waals surface area contributed by atoms with Gasteiger partial charge in [0.1, 0.15) is 5.82 Å². The van der Waals surface area contributed by atoms with Crippen LogP contribution in [0.5, 0.6) is 0 Å². The van der Waals surface area contributed by atoms with E-state index in [2.05, 4.69) is 0 Å². The molecule has 30 heavy (non-hydrogen) atoms. The van der Waals surface area contributed by atoms with Gasteiger partial charge in [-0.1, -0.05) is 42.7 Å². The van der Waals surface area contributed by atoms with Crippen molar-refractivity contribution in [3.05, 3.63) is 65.0 Å². The van der Waals surface area contributed by atoms with Crippen molar-refractivity contribution in [3.63, 3.8) is 0 Å². The summed E-state index contributed by atoms with van der Waals surface area (Å²) >= 11 is 1.56. The fourth-order valence-electron chi connectivity index (χ4n) is 5.12. The molecule has 3 aliphatic rings. The second-order valence-corrected chi connectivity index (χ2v) is 9.79. The Bertz CT molecular complexity index is 1020. The topological polar surface area (TPSA) is 40.6 Å². The average Bonchev–Trinajstić information content (AvgIpc) is 3.45. The van der Waals surface area contributed by atoms with Crippen LogP contribution in [0.3, 0.4) is 0 Å². The molecule has 0 radical (unpaired) electrons. The minimum Gasteiger partial charge on any atom is -0.315 e. The highest BCUT2D eigenvalue weighted by Gasteiger charge is 2.59. The molecule has 6 heteroatoms. The van der Waals surface area contributed by atoms with E-state index in [-0.39, 0.29) is 23.5 Å². The van der Waals surface area contributed by atoms with Crippen LogP contribution >= 0.6 is 11.8 Å². The predicted octanol–water partition coefficient (Wildman–Crippen LogP) is 4.60. The van der Waals surface area contributed by atoms with E-state index in [4.69, 9.17) is 0 Å². The molecule has 1 spiro atoms. The first kappa shape index (κ1) is 19.6. The molecule has 1 atom stereocenters. The molecule has 0 aromatic heterocycles. The molecule has 1 saturated heterocycles. The maximum atomic E-state index is 13.9. The SMILES string of the molecule is Cc1ccc2c(c1)[C@]1(SCCN1C(=O)C1CCCC1)C(=O)N2Cc1cccc(F)c1. The van der Waals surface area contributed by atoms with E-state index in [0.29, 0.717) is 13.1 Å². The lowest BCUT2D eigenvalue weighted by Crippen LogP contribution is -2.51. The van der Waals surface area contributed by atoms with Gasteiger partial charge in [-0.25, -0.2) is 4.39 Å². The molecule has 1 saturated carbocycles. The highest BCUT2D eigenvalue weighted by atomic mass is 32.2. The lowest BCUT2D eigenvalue weighted by Gasteiger charge is -2.35. The number of rotatable bonds is 3. The summed E-state index contributed by atoms with van der Waals surface area (Å²) in [5, 5.41) is 0. The fourth-order valence-corrected chi connectivity index (χ4v) is 6.58. The van der Waals surface area contributed by atoms with E-state index in [9.17, 15) is 14.0 Å². The minimum atomic E-state index is -0.992. The zero-order chi connectivity index (χ0) is 20.9. The van der Waals surface area contributed by atoms with Crippen molar-refractivity contribution in [2.75, 3.05) is 17.2 Å². The van der Waals surface area contributed by atoms with Crippen LogP contribution in [0, 0.1) is 18.7 Å². The monoisotopic (exact) mass is 424 g/mol. The van der Waals surface area contributed by atoms with E-state index < -0.39 is 4.87 Å². The number of halogens is 1. The maximum Gasteiger partial charge on any atom is 0.268 e. The van der Waals surface area contributed by atoms with E-state index in [1.807, 2.05) is 36.1 Å². The van der Waals surface area contributed by atoms with Crippen molar-refractivity contribution < 1.29 is 14.0 Å². The number of carbonyl (C=O) groups excluding carboxylic acids is 2.